The monoisotopic (exact) mass is 333 g/mol. The Kier molecular flexibility index (Phi) is 6.52. The molecule has 0 unspecified atom stereocenters. The van der Waals surface area contributed by atoms with Crippen molar-refractivity contribution in [3.63, 3.8) is 0 Å². The van der Waals surface area contributed by atoms with Crippen LogP contribution in [0.1, 0.15) is 50.1 Å². The maximum atomic E-state index is 11.9. The molecule has 0 fully saturated rings. The van der Waals surface area contributed by atoms with Gasteiger partial charge in [-0.15, -0.1) is 10.2 Å². The SMILES string of the molecule is CCc1ccc(OCC(=O)Nc2nnc(C(CC)CC)s2)cc1. The molecule has 124 valence electrons. The van der Waals surface area contributed by atoms with Gasteiger partial charge >= 0.3 is 0 Å². The van der Waals surface area contributed by atoms with Gasteiger partial charge in [0, 0.05) is 5.92 Å². The fourth-order valence-corrected chi connectivity index (χ4v) is 3.24. The maximum absolute atomic E-state index is 11.9. The number of aromatic nitrogens is 2. The van der Waals surface area contributed by atoms with Crippen molar-refractivity contribution in [3.8, 4) is 5.75 Å². The summed E-state index contributed by atoms with van der Waals surface area (Å²) in [7, 11) is 0. The number of benzene rings is 1. The number of ether oxygens (including phenoxy) is 1. The van der Waals surface area contributed by atoms with Gasteiger partial charge < -0.3 is 4.74 Å². The molecule has 1 aromatic carbocycles. The van der Waals surface area contributed by atoms with Crippen molar-refractivity contribution in [2.75, 3.05) is 11.9 Å². The molecule has 2 rings (SSSR count). The summed E-state index contributed by atoms with van der Waals surface area (Å²) in [5, 5.41) is 12.4. The van der Waals surface area contributed by atoms with E-state index in [1.165, 1.54) is 16.9 Å². The van der Waals surface area contributed by atoms with Crippen LogP contribution in [0.4, 0.5) is 5.13 Å². The van der Waals surface area contributed by atoms with E-state index in [-0.39, 0.29) is 12.5 Å². The fraction of sp³-hybridized carbons (Fsp3) is 0.471. The van der Waals surface area contributed by atoms with Gasteiger partial charge in [0.05, 0.1) is 0 Å². The van der Waals surface area contributed by atoms with Gasteiger partial charge in [0.15, 0.2) is 6.61 Å². The third-order valence-corrected chi connectivity index (χ3v) is 4.72. The molecular weight excluding hydrogens is 310 g/mol. The van der Waals surface area contributed by atoms with Crippen molar-refractivity contribution in [3.05, 3.63) is 34.8 Å². The Bertz CT molecular complexity index is 621. The molecule has 6 heteroatoms. The first-order valence-electron chi connectivity index (χ1n) is 8.01. The van der Waals surface area contributed by atoms with Gasteiger partial charge in [0.25, 0.3) is 5.91 Å². The number of carbonyl (C=O) groups excluding carboxylic acids is 1. The topological polar surface area (TPSA) is 64.1 Å². The number of aryl methyl sites for hydroxylation is 1. The van der Waals surface area contributed by atoms with E-state index in [9.17, 15) is 4.79 Å². The Morgan fingerprint density at radius 1 is 1.17 bits per heavy atom. The molecule has 1 amide bonds. The van der Waals surface area contributed by atoms with Crippen LogP contribution in [0, 0.1) is 0 Å². The van der Waals surface area contributed by atoms with Crippen LogP contribution in [-0.4, -0.2) is 22.7 Å². The molecule has 0 saturated heterocycles. The largest absolute Gasteiger partial charge is 0.484 e. The van der Waals surface area contributed by atoms with E-state index in [4.69, 9.17) is 4.74 Å². The molecule has 1 heterocycles. The van der Waals surface area contributed by atoms with Crippen molar-refractivity contribution in [1.82, 2.24) is 10.2 Å². The molecule has 1 N–H and O–H groups in total. The second-order valence-corrected chi connectivity index (χ2v) is 6.30. The molecule has 5 nitrogen and oxygen atoms in total. The quantitative estimate of drug-likeness (QED) is 0.792. The number of anilines is 1. The summed E-state index contributed by atoms with van der Waals surface area (Å²) in [4.78, 5) is 11.9. The summed E-state index contributed by atoms with van der Waals surface area (Å²) in [6.45, 7) is 6.32. The second-order valence-electron chi connectivity index (χ2n) is 5.29. The van der Waals surface area contributed by atoms with Crippen LogP contribution >= 0.6 is 11.3 Å². The molecule has 0 spiro atoms. The van der Waals surface area contributed by atoms with Gasteiger partial charge in [-0.2, -0.15) is 0 Å². The van der Waals surface area contributed by atoms with Gasteiger partial charge in [0.1, 0.15) is 10.8 Å². The lowest BCUT2D eigenvalue weighted by molar-refractivity contribution is -0.118. The molecule has 0 radical (unpaired) electrons. The van der Waals surface area contributed by atoms with Crippen molar-refractivity contribution < 1.29 is 9.53 Å². The Balaban J connectivity index is 1.84. The summed E-state index contributed by atoms with van der Waals surface area (Å²) in [5.74, 6) is 0.871. The van der Waals surface area contributed by atoms with Gasteiger partial charge in [0.2, 0.25) is 5.13 Å². The highest BCUT2D eigenvalue weighted by Crippen LogP contribution is 2.27. The van der Waals surface area contributed by atoms with E-state index in [1.807, 2.05) is 24.3 Å². The Hall–Kier alpha value is -1.95. The Labute approximate surface area is 141 Å². The van der Waals surface area contributed by atoms with Crippen LogP contribution in [0.5, 0.6) is 5.75 Å². The first-order valence-corrected chi connectivity index (χ1v) is 8.82. The van der Waals surface area contributed by atoms with Crippen molar-refractivity contribution in [2.45, 2.75) is 46.0 Å². The van der Waals surface area contributed by atoms with Crippen molar-refractivity contribution in [1.29, 1.82) is 0 Å². The molecule has 2 aromatic rings. The highest BCUT2D eigenvalue weighted by Gasteiger charge is 2.14. The molecule has 0 saturated carbocycles. The van der Waals surface area contributed by atoms with Crippen molar-refractivity contribution in [2.24, 2.45) is 0 Å². The van der Waals surface area contributed by atoms with Gasteiger partial charge in [-0.25, -0.2) is 0 Å². The van der Waals surface area contributed by atoms with Crippen LogP contribution in [0.2, 0.25) is 0 Å². The van der Waals surface area contributed by atoms with Gasteiger partial charge in [-0.05, 0) is 37.0 Å². The molecule has 0 aliphatic rings. The summed E-state index contributed by atoms with van der Waals surface area (Å²) in [6, 6.07) is 7.75. The minimum absolute atomic E-state index is 0.0363. The lowest BCUT2D eigenvalue weighted by atomic mass is 10.1. The number of hydrogen-bond acceptors (Lipinski definition) is 5. The van der Waals surface area contributed by atoms with E-state index in [2.05, 4.69) is 36.3 Å². The zero-order valence-corrected chi connectivity index (χ0v) is 14.7. The number of carbonyl (C=O) groups is 1. The normalized spacial score (nSPS) is 10.8. The van der Waals surface area contributed by atoms with Gasteiger partial charge in [-0.3, -0.25) is 10.1 Å². The lowest BCUT2D eigenvalue weighted by Crippen LogP contribution is -2.20. The molecule has 0 aliphatic heterocycles. The Morgan fingerprint density at radius 2 is 1.87 bits per heavy atom. The lowest BCUT2D eigenvalue weighted by Gasteiger charge is -2.07. The highest BCUT2D eigenvalue weighted by atomic mass is 32.1. The summed E-state index contributed by atoms with van der Waals surface area (Å²) >= 11 is 1.44. The third-order valence-electron chi connectivity index (χ3n) is 3.72. The van der Waals surface area contributed by atoms with Crippen molar-refractivity contribution >= 4 is 22.4 Å². The second kappa shape index (κ2) is 8.62. The molecule has 0 atom stereocenters. The minimum atomic E-state index is -0.225. The van der Waals surface area contributed by atoms with Crippen LogP contribution in [0.3, 0.4) is 0 Å². The minimum Gasteiger partial charge on any atom is -0.484 e. The zero-order valence-electron chi connectivity index (χ0n) is 13.8. The number of nitrogens with zero attached hydrogens (tertiary/aromatic N) is 2. The first kappa shape index (κ1) is 17.4. The maximum Gasteiger partial charge on any atom is 0.264 e. The fourth-order valence-electron chi connectivity index (χ4n) is 2.21. The van der Waals surface area contributed by atoms with E-state index < -0.39 is 0 Å². The van der Waals surface area contributed by atoms with E-state index >= 15 is 0 Å². The number of hydrogen-bond donors (Lipinski definition) is 1. The van der Waals surface area contributed by atoms with Crippen LogP contribution < -0.4 is 10.1 Å². The molecule has 1 aromatic heterocycles. The summed E-state index contributed by atoms with van der Waals surface area (Å²) in [6.07, 6.45) is 3.03. The van der Waals surface area contributed by atoms with E-state index in [0.29, 0.717) is 16.8 Å². The predicted octanol–water partition coefficient (Wildman–Crippen LogP) is 4.02. The third kappa shape index (κ3) is 5.03. The van der Waals surface area contributed by atoms with E-state index in [0.717, 1.165) is 24.3 Å². The van der Waals surface area contributed by atoms with Crippen LogP contribution in [-0.2, 0) is 11.2 Å². The molecular formula is C17H23N3O2S. The van der Waals surface area contributed by atoms with Gasteiger partial charge in [-0.1, -0.05) is 44.2 Å². The molecule has 23 heavy (non-hydrogen) atoms. The first-order chi connectivity index (χ1) is 11.2. The van der Waals surface area contributed by atoms with Crippen LogP contribution in [0.25, 0.3) is 0 Å². The zero-order chi connectivity index (χ0) is 16.7. The Morgan fingerprint density at radius 3 is 2.48 bits per heavy atom. The standard InChI is InChI=1S/C17H23N3O2S/c1-4-12-7-9-14(10-8-12)22-11-15(21)18-17-20-19-16(23-17)13(5-2)6-3/h7-10,13H,4-6,11H2,1-3H3,(H,18,20,21). The van der Waals surface area contributed by atoms with E-state index in [1.54, 1.807) is 0 Å². The number of nitrogens with one attached hydrogen (secondary N) is 1. The van der Waals surface area contributed by atoms with Crippen LogP contribution in [0.15, 0.2) is 24.3 Å². The summed E-state index contributed by atoms with van der Waals surface area (Å²) < 4.78 is 5.48. The molecule has 0 aliphatic carbocycles. The smallest absolute Gasteiger partial charge is 0.264 e. The average Bonchev–Trinajstić information content (AvgIpc) is 3.03. The average molecular weight is 333 g/mol. The predicted molar refractivity (Wildman–Crippen MR) is 93.2 cm³/mol. The number of rotatable bonds is 8. The molecule has 0 bridgehead atoms. The number of amides is 1. The highest BCUT2D eigenvalue weighted by molar-refractivity contribution is 7.15. The summed E-state index contributed by atoms with van der Waals surface area (Å²) in [5.41, 5.74) is 1.24.